The van der Waals surface area contributed by atoms with E-state index >= 15 is 0 Å². The van der Waals surface area contributed by atoms with Crippen molar-refractivity contribution in [3.05, 3.63) is 41.1 Å². The minimum atomic E-state index is 0.130. The van der Waals surface area contributed by atoms with Crippen LogP contribution in [0.15, 0.2) is 24.4 Å². The van der Waals surface area contributed by atoms with E-state index in [1.165, 1.54) is 0 Å². The summed E-state index contributed by atoms with van der Waals surface area (Å²) >= 11 is 0. The molecule has 3 aromatic heterocycles. The second-order valence-corrected chi connectivity index (χ2v) is 7.82. The summed E-state index contributed by atoms with van der Waals surface area (Å²) in [5, 5.41) is 22.0. The number of nitrogens with two attached hydrogens (primary N) is 1. The number of aromatic amines is 1. The maximum absolute atomic E-state index is 9.81. The highest BCUT2D eigenvalue weighted by Gasteiger charge is 2.23. The molecule has 0 saturated carbocycles. The molecular weight excluding hydrogens is 378 g/mol. The molecule has 5 rings (SSSR count). The summed E-state index contributed by atoms with van der Waals surface area (Å²) in [6.07, 6.45) is 3.79. The van der Waals surface area contributed by atoms with Crippen LogP contribution in [-0.2, 0) is 0 Å². The molecule has 0 spiro atoms. The number of hydrogen-bond donors (Lipinski definition) is 3. The van der Waals surface area contributed by atoms with Gasteiger partial charge in [-0.05, 0) is 57.5 Å². The maximum Gasteiger partial charge on any atom is 0.218 e. The summed E-state index contributed by atoms with van der Waals surface area (Å²) in [6, 6.07) is 8.20. The third-order valence-corrected chi connectivity index (χ3v) is 5.82. The number of aromatic nitrogens is 4. The molecule has 1 aliphatic heterocycles. The van der Waals surface area contributed by atoms with Crippen molar-refractivity contribution in [3.63, 3.8) is 0 Å². The Kier molecular flexibility index (Phi) is 4.33. The lowest BCUT2D eigenvalue weighted by Crippen LogP contribution is -2.34. The fourth-order valence-corrected chi connectivity index (χ4v) is 4.25. The Hall–Kier alpha value is -3.57. The first-order valence-electron chi connectivity index (χ1n) is 10.1. The standard InChI is InChI=1S/C22H23N7O/c1-12-3-4-18-17(11-26-28-18)19(12)29-20(24)16(10-23)15-9-13(2)22(27-21(15)29)30-14-5-7-25-8-6-14/h3-4,9,11,14,25H,5-8,24H2,1-2H3,(H,26,28). The molecule has 4 heterocycles. The molecule has 0 atom stereocenters. The number of nitrogens with zero attached hydrogens (tertiary/aromatic N) is 4. The Labute approximate surface area is 173 Å². The first-order chi connectivity index (χ1) is 14.6. The number of rotatable bonds is 3. The molecule has 1 aromatic carbocycles. The van der Waals surface area contributed by atoms with Crippen LogP contribution in [0, 0.1) is 25.2 Å². The van der Waals surface area contributed by atoms with Crippen LogP contribution in [0.4, 0.5) is 5.82 Å². The number of hydrogen-bond acceptors (Lipinski definition) is 6. The van der Waals surface area contributed by atoms with Crippen molar-refractivity contribution in [2.75, 3.05) is 18.8 Å². The van der Waals surface area contributed by atoms with Gasteiger partial charge in [0, 0.05) is 16.3 Å². The number of H-pyrrole nitrogens is 1. The molecule has 0 amide bonds. The monoisotopic (exact) mass is 401 g/mol. The average molecular weight is 401 g/mol. The van der Waals surface area contributed by atoms with Crippen LogP contribution in [0.5, 0.6) is 5.88 Å². The van der Waals surface area contributed by atoms with E-state index < -0.39 is 0 Å². The smallest absolute Gasteiger partial charge is 0.218 e. The number of nitriles is 1. The van der Waals surface area contributed by atoms with Gasteiger partial charge in [-0.15, -0.1) is 0 Å². The molecule has 1 aliphatic rings. The van der Waals surface area contributed by atoms with Crippen molar-refractivity contribution in [1.29, 1.82) is 5.26 Å². The van der Waals surface area contributed by atoms with E-state index in [1.54, 1.807) is 6.20 Å². The highest BCUT2D eigenvalue weighted by Crippen LogP contribution is 2.36. The van der Waals surface area contributed by atoms with Crippen molar-refractivity contribution in [2.45, 2.75) is 32.8 Å². The van der Waals surface area contributed by atoms with E-state index in [1.807, 2.05) is 36.6 Å². The molecule has 0 unspecified atom stereocenters. The molecule has 0 aliphatic carbocycles. The number of piperidine rings is 1. The van der Waals surface area contributed by atoms with Gasteiger partial charge in [-0.3, -0.25) is 9.67 Å². The molecule has 8 nitrogen and oxygen atoms in total. The van der Waals surface area contributed by atoms with Gasteiger partial charge in [0.25, 0.3) is 0 Å². The fraction of sp³-hybridized carbons (Fsp3) is 0.318. The quantitative estimate of drug-likeness (QED) is 0.485. The third-order valence-electron chi connectivity index (χ3n) is 5.82. The molecular formula is C22H23N7O. The zero-order valence-corrected chi connectivity index (χ0v) is 17.0. The maximum atomic E-state index is 9.81. The lowest BCUT2D eigenvalue weighted by atomic mass is 10.1. The zero-order valence-electron chi connectivity index (χ0n) is 17.0. The van der Waals surface area contributed by atoms with Gasteiger partial charge < -0.3 is 15.8 Å². The van der Waals surface area contributed by atoms with Crippen molar-refractivity contribution in [3.8, 4) is 17.6 Å². The van der Waals surface area contributed by atoms with Crippen molar-refractivity contribution < 1.29 is 4.74 Å². The van der Waals surface area contributed by atoms with E-state index in [2.05, 4.69) is 21.6 Å². The van der Waals surface area contributed by atoms with Crippen molar-refractivity contribution in [2.24, 2.45) is 0 Å². The molecule has 8 heteroatoms. The third kappa shape index (κ3) is 2.78. The van der Waals surface area contributed by atoms with Crippen LogP contribution in [0.25, 0.3) is 27.6 Å². The summed E-state index contributed by atoms with van der Waals surface area (Å²) in [6.45, 7) is 5.85. The van der Waals surface area contributed by atoms with E-state index in [0.29, 0.717) is 22.9 Å². The van der Waals surface area contributed by atoms with Gasteiger partial charge >= 0.3 is 0 Å². The van der Waals surface area contributed by atoms with Crippen molar-refractivity contribution in [1.82, 2.24) is 25.1 Å². The first-order valence-corrected chi connectivity index (χ1v) is 10.1. The van der Waals surface area contributed by atoms with E-state index in [4.69, 9.17) is 15.5 Å². The predicted octanol–water partition coefficient (Wildman–Crippen LogP) is 3.10. The zero-order chi connectivity index (χ0) is 20.8. The van der Waals surface area contributed by atoms with Gasteiger partial charge in [-0.2, -0.15) is 15.3 Å². The fourth-order valence-electron chi connectivity index (χ4n) is 4.25. The van der Waals surface area contributed by atoms with Gasteiger partial charge in [-0.25, -0.2) is 0 Å². The Morgan fingerprint density at radius 3 is 2.77 bits per heavy atom. The average Bonchev–Trinajstić information content (AvgIpc) is 3.32. The molecule has 30 heavy (non-hydrogen) atoms. The highest BCUT2D eigenvalue weighted by atomic mass is 16.5. The largest absolute Gasteiger partial charge is 0.474 e. The van der Waals surface area contributed by atoms with Crippen LogP contribution in [0.3, 0.4) is 0 Å². The predicted molar refractivity (Wildman–Crippen MR) is 116 cm³/mol. The second-order valence-electron chi connectivity index (χ2n) is 7.82. The normalized spacial score (nSPS) is 15.0. The summed E-state index contributed by atoms with van der Waals surface area (Å²) in [4.78, 5) is 4.87. The Morgan fingerprint density at radius 1 is 1.20 bits per heavy atom. The van der Waals surface area contributed by atoms with E-state index in [-0.39, 0.29) is 6.10 Å². The number of pyridine rings is 1. The molecule has 4 N–H and O–H groups in total. The van der Waals surface area contributed by atoms with E-state index in [0.717, 1.165) is 59.0 Å². The van der Waals surface area contributed by atoms with E-state index in [9.17, 15) is 5.26 Å². The number of aryl methyl sites for hydroxylation is 2. The van der Waals surface area contributed by atoms with Crippen LogP contribution in [0.1, 0.15) is 29.5 Å². The summed E-state index contributed by atoms with van der Waals surface area (Å²) in [5.74, 6) is 0.963. The number of nitrogen functional groups attached to an aromatic ring is 1. The molecule has 4 aromatic rings. The van der Waals surface area contributed by atoms with Gasteiger partial charge in [0.2, 0.25) is 5.88 Å². The van der Waals surface area contributed by atoms with Gasteiger partial charge in [0.1, 0.15) is 23.6 Å². The van der Waals surface area contributed by atoms with Gasteiger partial charge in [-0.1, -0.05) is 6.07 Å². The number of anilines is 1. The van der Waals surface area contributed by atoms with Crippen LogP contribution < -0.4 is 15.8 Å². The van der Waals surface area contributed by atoms with Crippen LogP contribution in [-0.4, -0.2) is 38.9 Å². The van der Waals surface area contributed by atoms with Crippen molar-refractivity contribution >= 4 is 27.8 Å². The topological polar surface area (TPSA) is 118 Å². The SMILES string of the molecule is Cc1cc2c(C#N)c(N)n(-c3c(C)ccc4[nH]ncc34)c2nc1OC1CCNCC1. The number of ether oxygens (including phenoxy) is 1. The minimum absolute atomic E-state index is 0.130. The molecule has 152 valence electrons. The minimum Gasteiger partial charge on any atom is -0.474 e. The Morgan fingerprint density at radius 2 is 2.00 bits per heavy atom. The lowest BCUT2D eigenvalue weighted by molar-refractivity contribution is 0.155. The second kappa shape index (κ2) is 7.04. The molecule has 1 saturated heterocycles. The van der Waals surface area contributed by atoms with Gasteiger partial charge in [0.15, 0.2) is 5.65 Å². The number of benzene rings is 1. The summed E-state index contributed by atoms with van der Waals surface area (Å²) in [5.41, 5.74) is 11.2. The number of nitrogens with one attached hydrogen (secondary N) is 2. The van der Waals surface area contributed by atoms with Crippen LogP contribution in [0.2, 0.25) is 0 Å². The van der Waals surface area contributed by atoms with Crippen LogP contribution >= 0.6 is 0 Å². The lowest BCUT2D eigenvalue weighted by Gasteiger charge is -2.24. The number of fused-ring (bicyclic) bond motifs is 2. The Bertz CT molecular complexity index is 1310. The highest BCUT2D eigenvalue weighted by molar-refractivity contribution is 5.97. The first kappa shape index (κ1) is 18.5. The molecule has 0 radical (unpaired) electrons. The summed E-state index contributed by atoms with van der Waals surface area (Å²) in [7, 11) is 0. The molecule has 1 fully saturated rings. The van der Waals surface area contributed by atoms with Gasteiger partial charge in [0.05, 0.1) is 17.4 Å². The Balaban J connectivity index is 1.76. The summed E-state index contributed by atoms with van der Waals surface area (Å²) < 4.78 is 8.12. The molecule has 0 bridgehead atoms.